The van der Waals surface area contributed by atoms with Gasteiger partial charge >= 0.3 is 5.97 Å². The second-order valence-corrected chi connectivity index (χ2v) is 4.81. The Morgan fingerprint density at radius 3 is 2.60 bits per heavy atom. The topological polar surface area (TPSA) is 64.3 Å². The fraction of sp³-hybridized carbons (Fsp3) is 0.133. The van der Waals surface area contributed by atoms with E-state index in [2.05, 4.69) is 10.1 Å². The number of anilines is 3. The molecule has 0 aliphatic rings. The molecular weight excluding hydrogens is 276 g/mol. The molecule has 0 aromatic heterocycles. The molecule has 0 heterocycles. The number of nitrogens with one attached hydrogen (secondary N) is 1. The van der Waals surface area contributed by atoms with Gasteiger partial charge in [-0.15, -0.1) is 0 Å². The lowest BCUT2D eigenvalue weighted by Crippen LogP contribution is -2.04. The summed E-state index contributed by atoms with van der Waals surface area (Å²) in [4.78, 5) is 11.5. The number of nitrogens with two attached hydrogens (primary N) is 1. The number of methoxy groups -OCH3 is 1. The summed E-state index contributed by atoms with van der Waals surface area (Å²) in [5.74, 6) is -0.414. The molecule has 0 saturated heterocycles. The first kappa shape index (κ1) is 14.2. The zero-order chi connectivity index (χ0) is 14.7. The van der Waals surface area contributed by atoms with Crippen molar-refractivity contribution < 1.29 is 9.53 Å². The first-order valence-corrected chi connectivity index (χ1v) is 6.40. The fourth-order valence-corrected chi connectivity index (χ4v) is 2.06. The molecule has 104 valence electrons. The maximum absolute atomic E-state index is 11.5. The number of hydrogen-bond acceptors (Lipinski definition) is 4. The second-order valence-electron chi connectivity index (χ2n) is 4.40. The van der Waals surface area contributed by atoms with Gasteiger partial charge in [-0.25, -0.2) is 4.79 Å². The Kier molecular flexibility index (Phi) is 4.15. The van der Waals surface area contributed by atoms with E-state index in [4.69, 9.17) is 17.3 Å². The maximum atomic E-state index is 11.5. The molecule has 0 radical (unpaired) electrons. The van der Waals surface area contributed by atoms with Crippen molar-refractivity contribution in [2.45, 2.75) is 6.92 Å². The Balaban J connectivity index is 2.35. The number of benzene rings is 2. The van der Waals surface area contributed by atoms with Crippen LogP contribution < -0.4 is 11.1 Å². The molecule has 0 aliphatic heterocycles. The Morgan fingerprint density at radius 1 is 1.20 bits per heavy atom. The molecule has 0 aliphatic carbocycles. The highest BCUT2D eigenvalue weighted by molar-refractivity contribution is 6.33. The van der Waals surface area contributed by atoms with Gasteiger partial charge in [-0.05, 0) is 42.8 Å². The van der Waals surface area contributed by atoms with Gasteiger partial charge in [0, 0.05) is 0 Å². The van der Waals surface area contributed by atoms with Crippen molar-refractivity contribution in [1.82, 2.24) is 0 Å². The van der Waals surface area contributed by atoms with Crippen molar-refractivity contribution in [3.8, 4) is 0 Å². The molecule has 0 bridgehead atoms. The summed E-state index contributed by atoms with van der Waals surface area (Å²) in [6, 6.07) is 10.6. The van der Waals surface area contributed by atoms with Crippen LogP contribution >= 0.6 is 11.6 Å². The zero-order valence-corrected chi connectivity index (χ0v) is 12.0. The molecule has 2 aromatic carbocycles. The lowest BCUT2D eigenvalue weighted by molar-refractivity contribution is 0.0601. The highest BCUT2D eigenvalue weighted by Crippen LogP contribution is 2.29. The van der Waals surface area contributed by atoms with Gasteiger partial charge in [-0.1, -0.05) is 17.7 Å². The minimum atomic E-state index is -0.414. The Morgan fingerprint density at radius 2 is 1.95 bits per heavy atom. The van der Waals surface area contributed by atoms with Crippen molar-refractivity contribution >= 4 is 34.6 Å². The van der Waals surface area contributed by atoms with E-state index in [0.717, 1.165) is 11.3 Å². The molecule has 2 aromatic rings. The predicted molar refractivity (Wildman–Crippen MR) is 81.7 cm³/mol. The van der Waals surface area contributed by atoms with Crippen LogP contribution in [-0.2, 0) is 4.74 Å². The van der Waals surface area contributed by atoms with Gasteiger partial charge in [-0.3, -0.25) is 0 Å². The SMILES string of the molecule is COC(=O)c1ccc(N)c(Nc2ccc(C)cc2Cl)c1. The Hall–Kier alpha value is -2.20. The minimum Gasteiger partial charge on any atom is -0.465 e. The van der Waals surface area contributed by atoms with E-state index in [1.165, 1.54) is 7.11 Å². The molecule has 0 unspecified atom stereocenters. The monoisotopic (exact) mass is 290 g/mol. The number of carbonyl (C=O) groups excluding carboxylic acids is 1. The average Bonchev–Trinajstić information content (AvgIpc) is 2.43. The van der Waals surface area contributed by atoms with Gasteiger partial charge in [0.2, 0.25) is 0 Å². The summed E-state index contributed by atoms with van der Waals surface area (Å²) in [7, 11) is 1.34. The van der Waals surface area contributed by atoms with E-state index >= 15 is 0 Å². The largest absolute Gasteiger partial charge is 0.465 e. The zero-order valence-electron chi connectivity index (χ0n) is 11.2. The summed E-state index contributed by atoms with van der Waals surface area (Å²) in [5, 5.41) is 3.71. The van der Waals surface area contributed by atoms with Crippen LogP contribution in [-0.4, -0.2) is 13.1 Å². The highest BCUT2D eigenvalue weighted by Gasteiger charge is 2.09. The second kappa shape index (κ2) is 5.84. The summed E-state index contributed by atoms with van der Waals surface area (Å²) >= 11 is 6.17. The molecule has 4 nitrogen and oxygen atoms in total. The first-order valence-electron chi connectivity index (χ1n) is 6.02. The van der Waals surface area contributed by atoms with Gasteiger partial charge in [-0.2, -0.15) is 0 Å². The van der Waals surface area contributed by atoms with E-state index in [-0.39, 0.29) is 0 Å². The molecule has 0 saturated carbocycles. The van der Waals surface area contributed by atoms with Crippen LogP contribution in [0.5, 0.6) is 0 Å². The fourth-order valence-electron chi connectivity index (χ4n) is 1.78. The molecule has 0 atom stereocenters. The van der Waals surface area contributed by atoms with Crippen molar-refractivity contribution in [2.24, 2.45) is 0 Å². The summed E-state index contributed by atoms with van der Waals surface area (Å²) in [6.45, 7) is 1.96. The number of carbonyl (C=O) groups is 1. The molecule has 0 fully saturated rings. The standard InChI is InChI=1S/C15H15ClN2O2/c1-9-3-6-13(11(16)7-9)18-14-8-10(15(19)20-2)4-5-12(14)17/h3-8,18H,17H2,1-2H3. The summed E-state index contributed by atoms with van der Waals surface area (Å²) < 4.78 is 4.69. The van der Waals surface area contributed by atoms with Crippen LogP contribution in [0.2, 0.25) is 5.02 Å². The quantitative estimate of drug-likeness (QED) is 0.667. The van der Waals surface area contributed by atoms with Gasteiger partial charge in [0.15, 0.2) is 0 Å². The third-order valence-electron chi connectivity index (χ3n) is 2.87. The number of hydrogen-bond donors (Lipinski definition) is 2. The van der Waals surface area contributed by atoms with Crippen molar-refractivity contribution in [3.63, 3.8) is 0 Å². The number of aryl methyl sites for hydroxylation is 1. The molecule has 3 N–H and O–H groups in total. The minimum absolute atomic E-state index is 0.414. The number of ether oxygens (including phenoxy) is 1. The van der Waals surface area contributed by atoms with Crippen LogP contribution in [0.25, 0.3) is 0 Å². The van der Waals surface area contributed by atoms with Crippen LogP contribution in [0, 0.1) is 6.92 Å². The maximum Gasteiger partial charge on any atom is 0.337 e. The van der Waals surface area contributed by atoms with Crippen molar-refractivity contribution in [1.29, 1.82) is 0 Å². The number of nitrogen functional groups attached to an aromatic ring is 1. The van der Waals surface area contributed by atoms with E-state index in [1.807, 2.05) is 25.1 Å². The lowest BCUT2D eigenvalue weighted by Gasteiger charge is -2.12. The van der Waals surface area contributed by atoms with Crippen molar-refractivity contribution in [3.05, 3.63) is 52.5 Å². The summed E-state index contributed by atoms with van der Waals surface area (Å²) in [5.41, 5.74) is 9.25. The van der Waals surface area contributed by atoms with Crippen LogP contribution in [0.3, 0.4) is 0 Å². The van der Waals surface area contributed by atoms with Crippen LogP contribution in [0.4, 0.5) is 17.1 Å². The number of rotatable bonds is 3. The first-order chi connectivity index (χ1) is 9.51. The molecule has 0 amide bonds. The highest BCUT2D eigenvalue weighted by atomic mass is 35.5. The van der Waals surface area contributed by atoms with E-state index in [0.29, 0.717) is 22.0 Å². The van der Waals surface area contributed by atoms with Gasteiger partial charge < -0.3 is 15.8 Å². The predicted octanol–water partition coefficient (Wildman–Crippen LogP) is 3.76. The molecule has 5 heteroatoms. The van der Waals surface area contributed by atoms with Crippen molar-refractivity contribution in [2.75, 3.05) is 18.2 Å². The summed E-state index contributed by atoms with van der Waals surface area (Å²) in [6.07, 6.45) is 0. The normalized spacial score (nSPS) is 10.2. The third-order valence-corrected chi connectivity index (χ3v) is 3.18. The molecular formula is C15H15ClN2O2. The van der Waals surface area contributed by atoms with E-state index in [1.54, 1.807) is 18.2 Å². The molecule has 2 rings (SSSR count). The third kappa shape index (κ3) is 3.03. The van der Waals surface area contributed by atoms with Gasteiger partial charge in [0.1, 0.15) is 0 Å². The van der Waals surface area contributed by atoms with E-state index < -0.39 is 5.97 Å². The van der Waals surface area contributed by atoms with Gasteiger partial charge in [0.25, 0.3) is 0 Å². The van der Waals surface area contributed by atoms with Gasteiger partial charge in [0.05, 0.1) is 34.8 Å². The van der Waals surface area contributed by atoms with Crippen LogP contribution in [0.15, 0.2) is 36.4 Å². The number of halogens is 1. The Labute approximate surface area is 122 Å². The number of esters is 1. The lowest BCUT2D eigenvalue weighted by atomic mass is 10.1. The molecule has 20 heavy (non-hydrogen) atoms. The van der Waals surface area contributed by atoms with E-state index in [9.17, 15) is 4.79 Å². The molecule has 0 spiro atoms. The smallest absolute Gasteiger partial charge is 0.337 e. The van der Waals surface area contributed by atoms with Crippen LogP contribution in [0.1, 0.15) is 15.9 Å². The average molecular weight is 291 g/mol. The Bertz CT molecular complexity index is 656.